The molecule has 0 spiro atoms. The van der Waals surface area contributed by atoms with Gasteiger partial charge in [-0.1, -0.05) is 13.8 Å². The van der Waals surface area contributed by atoms with E-state index in [4.69, 9.17) is 9.84 Å². The molecule has 1 unspecified atom stereocenters. The van der Waals surface area contributed by atoms with E-state index < -0.39 is 0 Å². The first-order valence-corrected chi connectivity index (χ1v) is 7.91. The number of unbranched alkanes of at least 4 members (excludes halogenated alkanes) is 1. The minimum atomic E-state index is 0.433. The molecule has 116 valence electrons. The summed E-state index contributed by atoms with van der Waals surface area (Å²) in [4.78, 5) is 0. The number of hydrogen-bond acceptors (Lipinski definition) is 3. The van der Waals surface area contributed by atoms with Crippen LogP contribution in [0.15, 0.2) is 0 Å². The van der Waals surface area contributed by atoms with Crippen LogP contribution >= 0.6 is 0 Å². The van der Waals surface area contributed by atoms with Crippen molar-refractivity contribution in [2.45, 2.75) is 66.0 Å². The summed E-state index contributed by atoms with van der Waals surface area (Å²) < 4.78 is 7.26. The summed E-state index contributed by atoms with van der Waals surface area (Å²) in [6.45, 7) is 11.7. The van der Waals surface area contributed by atoms with Crippen LogP contribution in [-0.4, -0.2) is 30.0 Å². The summed E-state index contributed by atoms with van der Waals surface area (Å²) in [6, 6.07) is 0.433. The lowest BCUT2D eigenvalue weighted by Gasteiger charge is -2.17. The molecule has 4 heteroatoms. The van der Waals surface area contributed by atoms with Crippen LogP contribution in [0.4, 0.5) is 0 Å². The van der Waals surface area contributed by atoms with Crippen molar-refractivity contribution in [3.05, 3.63) is 17.0 Å². The molecular formula is C16H31N3O. The van der Waals surface area contributed by atoms with Gasteiger partial charge in [0.25, 0.3) is 0 Å². The molecule has 0 radical (unpaired) electrons. The monoisotopic (exact) mass is 281 g/mol. The lowest BCUT2D eigenvalue weighted by Crippen LogP contribution is -2.22. The van der Waals surface area contributed by atoms with Gasteiger partial charge in [0.1, 0.15) is 0 Å². The van der Waals surface area contributed by atoms with Crippen LogP contribution < -0.4 is 5.32 Å². The number of methoxy groups -OCH3 is 1. The van der Waals surface area contributed by atoms with Gasteiger partial charge in [0.15, 0.2) is 0 Å². The normalized spacial score (nSPS) is 12.8. The Balaban J connectivity index is 2.73. The van der Waals surface area contributed by atoms with E-state index in [0.717, 1.165) is 39.0 Å². The number of ether oxygens (including phenoxy) is 1. The molecule has 0 saturated heterocycles. The molecule has 1 aromatic rings. The van der Waals surface area contributed by atoms with Crippen LogP contribution in [0.2, 0.25) is 0 Å². The molecule has 1 rings (SSSR count). The summed E-state index contributed by atoms with van der Waals surface area (Å²) in [5.74, 6) is 0. The third-order valence-corrected chi connectivity index (χ3v) is 3.80. The Hall–Kier alpha value is -0.870. The predicted octanol–water partition coefficient (Wildman–Crippen LogP) is 3.38. The summed E-state index contributed by atoms with van der Waals surface area (Å²) in [5.41, 5.74) is 3.88. The van der Waals surface area contributed by atoms with E-state index in [0.29, 0.717) is 6.04 Å². The van der Waals surface area contributed by atoms with E-state index in [1.165, 1.54) is 23.4 Å². The second-order valence-electron chi connectivity index (χ2n) is 5.42. The predicted molar refractivity (Wildman–Crippen MR) is 84.1 cm³/mol. The van der Waals surface area contributed by atoms with E-state index in [1.54, 1.807) is 7.11 Å². The zero-order chi connectivity index (χ0) is 15.0. The molecule has 1 heterocycles. The van der Waals surface area contributed by atoms with Gasteiger partial charge < -0.3 is 10.1 Å². The molecule has 0 aromatic carbocycles. The standard InChI is InChI=1S/C16H31N3O/c1-6-10-17-15(7-2)16-13(3)18-19(14(16)4)11-8-9-12-20-5/h15,17H,6-12H2,1-5H3. The zero-order valence-corrected chi connectivity index (χ0v) is 13.8. The quantitative estimate of drug-likeness (QED) is 0.668. The van der Waals surface area contributed by atoms with Gasteiger partial charge in [-0.2, -0.15) is 5.10 Å². The molecule has 20 heavy (non-hydrogen) atoms. The maximum atomic E-state index is 5.10. The molecule has 1 aromatic heterocycles. The summed E-state index contributed by atoms with van der Waals surface area (Å²) in [5, 5.41) is 8.35. The third kappa shape index (κ3) is 4.60. The molecule has 0 saturated carbocycles. The number of aromatic nitrogens is 2. The third-order valence-electron chi connectivity index (χ3n) is 3.80. The molecule has 0 bridgehead atoms. The Morgan fingerprint density at radius 3 is 2.60 bits per heavy atom. The number of nitrogens with zero attached hydrogens (tertiary/aromatic N) is 2. The van der Waals surface area contributed by atoms with Crippen LogP contribution in [0, 0.1) is 13.8 Å². The van der Waals surface area contributed by atoms with E-state index in [9.17, 15) is 0 Å². The van der Waals surface area contributed by atoms with Gasteiger partial charge in [0.05, 0.1) is 5.69 Å². The second-order valence-corrected chi connectivity index (χ2v) is 5.42. The minimum Gasteiger partial charge on any atom is -0.385 e. The van der Waals surface area contributed by atoms with Crippen LogP contribution in [0.3, 0.4) is 0 Å². The van der Waals surface area contributed by atoms with Crippen molar-refractivity contribution in [1.82, 2.24) is 15.1 Å². The van der Waals surface area contributed by atoms with Gasteiger partial charge in [0, 0.05) is 37.6 Å². The molecule has 0 aliphatic carbocycles. The second kappa shape index (κ2) is 9.14. The molecule has 1 N–H and O–H groups in total. The van der Waals surface area contributed by atoms with E-state index in [-0.39, 0.29) is 0 Å². The molecule has 0 aliphatic rings. The van der Waals surface area contributed by atoms with Gasteiger partial charge in [-0.25, -0.2) is 0 Å². The van der Waals surface area contributed by atoms with Gasteiger partial charge in [0.2, 0.25) is 0 Å². The highest BCUT2D eigenvalue weighted by molar-refractivity contribution is 5.28. The Bertz CT molecular complexity index is 387. The molecular weight excluding hydrogens is 250 g/mol. The highest BCUT2D eigenvalue weighted by Crippen LogP contribution is 2.24. The molecule has 1 atom stereocenters. The Labute approximate surface area is 123 Å². The lowest BCUT2D eigenvalue weighted by atomic mass is 10.0. The molecule has 0 amide bonds. The van der Waals surface area contributed by atoms with E-state index in [1.807, 2.05) is 0 Å². The zero-order valence-electron chi connectivity index (χ0n) is 13.8. The fraction of sp³-hybridized carbons (Fsp3) is 0.812. The molecule has 4 nitrogen and oxygen atoms in total. The highest BCUT2D eigenvalue weighted by atomic mass is 16.5. The Kier molecular flexibility index (Phi) is 7.85. The van der Waals surface area contributed by atoms with Crippen molar-refractivity contribution in [2.24, 2.45) is 0 Å². The van der Waals surface area contributed by atoms with Crippen LogP contribution in [-0.2, 0) is 11.3 Å². The van der Waals surface area contributed by atoms with Crippen molar-refractivity contribution in [3.8, 4) is 0 Å². The van der Waals surface area contributed by atoms with Crippen LogP contribution in [0.1, 0.15) is 62.5 Å². The fourth-order valence-corrected chi connectivity index (χ4v) is 2.71. The average Bonchev–Trinajstić information content (AvgIpc) is 2.72. The van der Waals surface area contributed by atoms with Gasteiger partial charge in [-0.05, 0) is 46.1 Å². The van der Waals surface area contributed by atoms with Gasteiger partial charge in [-0.15, -0.1) is 0 Å². The fourth-order valence-electron chi connectivity index (χ4n) is 2.71. The van der Waals surface area contributed by atoms with E-state index >= 15 is 0 Å². The number of aryl methyl sites for hydroxylation is 2. The first-order valence-electron chi connectivity index (χ1n) is 7.91. The summed E-state index contributed by atoms with van der Waals surface area (Å²) in [7, 11) is 1.76. The van der Waals surface area contributed by atoms with Crippen molar-refractivity contribution < 1.29 is 4.74 Å². The Morgan fingerprint density at radius 1 is 1.25 bits per heavy atom. The van der Waals surface area contributed by atoms with Crippen LogP contribution in [0.25, 0.3) is 0 Å². The van der Waals surface area contributed by atoms with Gasteiger partial charge >= 0.3 is 0 Å². The summed E-state index contributed by atoms with van der Waals surface area (Å²) in [6.07, 6.45) is 4.49. The topological polar surface area (TPSA) is 39.1 Å². The number of hydrogen-bond donors (Lipinski definition) is 1. The van der Waals surface area contributed by atoms with E-state index in [2.05, 4.69) is 37.7 Å². The number of nitrogens with one attached hydrogen (secondary N) is 1. The SMILES string of the molecule is CCCNC(CC)c1c(C)nn(CCCCOC)c1C. The maximum Gasteiger partial charge on any atom is 0.0644 e. The maximum absolute atomic E-state index is 5.10. The number of rotatable bonds is 10. The Morgan fingerprint density at radius 2 is 2.00 bits per heavy atom. The lowest BCUT2D eigenvalue weighted by molar-refractivity contribution is 0.191. The largest absolute Gasteiger partial charge is 0.385 e. The first kappa shape index (κ1) is 17.2. The van der Waals surface area contributed by atoms with Crippen molar-refractivity contribution in [1.29, 1.82) is 0 Å². The van der Waals surface area contributed by atoms with Crippen LogP contribution in [0.5, 0.6) is 0 Å². The minimum absolute atomic E-state index is 0.433. The highest BCUT2D eigenvalue weighted by Gasteiger charge is 2.18. The summed E-state index contributed by atoms with van der Waals surface area (Å²) >= 11 is 0. The van der Waals surface area contributed by atoms with Gasteiger partial charge in [-0.3, -0.25) is 4.68 Å². The smallest absolute Gasteiger partial charge is 0.0644 e. The van der Waals surface area contributed by atoms with Crippen molar-refractivity contribution >= 4 is 0 Å². The first-order chi connectivity index (χ1) is 9.65. The molecule has 0 fully saturated rings. The van der Waals surface area contributed by atoms with Crippen molar-refractivity contribution in [3.63, 3.8) is 0 Å². The van der Waals surface area contributed by atoms with Crippen molar-refractivity contribution in [2.75, 3.05) is 20.3 Å². The average molecular weight is 281 g/mol. The molecule has 0 aliphatic heterocycles.